The van der Waals surface area contributed by atoms with Gasteiger partial charge < -0.3 is 10.3 Å². The average Bonchev–Trinajstić information content (AvgIpc) is 2.65. The molecule has 2 aromatic rings. The number of hydrogen-bond acceptors (Lipinski definition) is 3. The topological polar surface area (TPSA) is 52.0 Å². The van der Waals surface area contributed by atoms with Crippen molar-refractivity contribution in [1.29, 1.82) is 0 Å². The van der Waals surface area contributed by atoms with Crippen LogP contribution in [0.25, 0.3) is 11.3 Å². The van der Waals surface area contributed by atoms with Crippen LogP contribution in [-0.2, 0) is 6.54 Å². The van der Waals surface area contributed by atoms with Crippen molar-refractivity contribution in [2.24, 2.45) is 5.73 Å². The third-order valence-corrected chi connectivity index (χ3v) is 2.05. The second-order valence-electron chi connectivity index (χ2n) is 2.98. The van der Waals surface area contributed by atoms with Crippen LogP contribution < -0.4 is 5.73 Å². The third kappa shape index (κ3) is 1.61. The molecule has 5 heteroatoms. The van der Waals surface area contributed by atoms with Gasteiger partial charge in [-0.1, -0.05) is 11.2 Å². The Morgan fingerprint density at radius 3 is 2.53 bits per heavy atom. The molecular formula is C10H8F2N2O. The van der Waals surface area contributed by atoms with Gasteiger partial charge in [-0.15, -0.1) is 0 Å². The molecule has 0 saturated heterocycles. The van der Waals surface area contributed by atoms with Gasteiger partial charge in [0.2, 0.25) is 0 Å². The Balaban J connectivity index is 2.63. The minimum absolute atomic E-state index is 0.0492. The van der Waals surface area contributed by atoms with Gasteiger partial charge in [0.25, 0.3) is 0 Å². The molecule has 0 aliphatic carbocycles. The SMILES string of the molecule is NCc1cnoc1-c1c(F)cccc1F. The number of halogens is 2. The van der Waals surface area contributed by atoms with Crippen molar-refractivity contribution in [3.05, 3.63) is 41.6 Å². The molecule has 2 N–H and O–H groups in total. The van der Waals surface area contributed by atoms with Crippen molar-refractivity contribution in [2.45, 2.75) is 6.54 Å². The maximum absolute atomic E-state index is 13.4. The highest BCUT2D eigenvalue weighted by Crippen LogP contribution is 2.28. The summed E-state index contributed by atoms with van der Waals surface area (Å²) in [6, 6.07) is 3.59. The van der Waals surface area contributed by atoms with E-state index in [4.69, 9.17) is 10.3 Å². The van der Waals surface area contributed by atoms with Crippen LogP contribution in [0, 0.1) is 11.6 Å². The normalized spacial score (nSPS) is 10.6. The van der Waals surface area contributed by atoms with E-state index in [0.29, 0.717) is 5.56 Å². The number of nitrogens with two attached hydrogens (primary N) is 1. The molecule has 0 amide bonds. The predicted octanol–water partition coefficient (Wildman–Crippen LogP) is 2.08. The van der Waals surface area contributed by atoms with Crippen LogP contribution in [0.15, 0.2) is 28.9 Å². The van der Waals surface area contributed by atoms with Crippen LogP contribution in [0.1, 0.15) is 5.56 Å². The average molecular weight is 210 g/mol. The Bertz CT molecular complexity index is 462. The summed E-state index contributed by atoms with van der Waals surface area (Å²) in [7, 11) is 0. The first-order valence-electron chi connectivity index (χ1n) is 4.32. The highest BCUT2D eigenvalue weighted by Gasteiger charge is 2.18. The molecule has 1 aromatic carbocycles. The number of hydrogen-bond donors (Lipinski definition) is 1. The van der Waals surface area contributed by atoms with Crippen molar-refractivity contribution in [3.63, 3.8) is 0 Å². The molecule has 0 saturated carbocycles. The molecule has 0 aliphatic rings. The molecule has 0 fully saturated rings. The van der Waals surface area contributed by atoms with E-state index >= 15 is 0 Å². The summed E-state index contributed by atoms with van der Waals surface area (Å²) in [5.41, 5.74) is 5.63. The largest absolute Gasteiger partial charge is 0.356 e. The van der Waals surface area contributed by atoms with E-state index in [9.17, 15) is 8.78 Å². The van der Waals surface area contributed by atoms with E-state index in [1.807, 2.05) is 0 Å². The third-order valence-electron chi connectivity index (χ3n) is 2.05. The fourth-order valence-corrected chi connectivity index (χ4v) is 1.33. The first-order valence-corrected chi connectivity index (χ1v) is 4.32. The number of rotatable bonds is 2. The van der Waals surface area contributed by atoms with Crippen molar-refractivity contribution < 1.29 is 13.3 Å². The zero-order valence-electron chi connectivity index (χ0n) is 7.71. The molecule has 0 bridgehead atoms. The molecule has 15 heavy (non-hydrogen) atoms. The minimum Gasteiger partial charge on any atom is -0.356 e. The Morgan fingerprint density at radius 2 is 1.93 bits per heavy atom. The monoisotopic (exact) mass is 210 g/mol. The summed E-state index contributed by atoms with van der Waals surface area (Å²) < 4.78 is 31.5. The Labute approximate surface area is 84.5 Å². The molecule has 0 aliphatic heterocycles. The van der Waals surface area contributed by atoms with Crippen LogP contribution in [0.4, 0.5) is 8.78 Å². The van der Waals surface area contributed by atoms with Gasteiger partial charge in [-0.3, -0.25) is 0 Å². The Kier molecular flexibility index (Phi) is 2.47. The molecule has 0 atom stereocenters. The van der Waals surface area contributed by atoms with Crippen LogP contribution in [0.3, 0.4) is 0 Å². The predicted molar refractivity (Wildman–Crippen MR) is 49.7 cm³/mol. The minimum atomic E-state index is -0.693. The lowest BCUT2D eigenvalue weighted by molar-refractivity contribution is 0.426. The fraction of sp³-hybridized carbons (Fsp3) is 0.100. The maximum Gasteiger partial charge on any atom is 0.177 e. The van der Waals surface area contributed by atoms with Crippen molar-refractivity contribution in [2.75, 3.05) is 0 Å². The van der Waals surface area contributed by atoms with Crippen LogP contribution in [-0.4, -0.2) is 5.16 Å². The highest BCUT2D eigenvalue weighted by atomic mass is 19.1. The molecule has 3 nitrogen and oxygen atoms in total. The Hall–Kier alpha value is -1.75. The smallest absolute Gasteiger partial charge is 0.177 e. The first kappa shape index (κ1) is 9.79. The zero-order valence-corrected chi connectivity index (χ0v) is 7.71. The van der Waals surface area contributed by atoms with Crippen molar-refractivity contribution >= 4 is 0 Å². The summed E-state index contributed by atoms with van der Waals surface area (Å²) in [5, 5.41) is 3.46. The zero-order chi connectivity index (χ0) is 10.8. The second kappa shape index (κ2) is 3.78. The van der Waals surface area contributed by atoms with Gasteiger partial charge in [0.15, 0.2) is 5.76 Å². The molecule has 1 aromatic heterocycles. The Morgan fingerprint density at radius 1 is 1.27 bits per heavy atom. The molecule has 1 heterocycles. The lowest BCUT2D eigenvalue weighted by Crippen LogP contribution is -1.98. The van der Waals surface area contributed by atoms with Gasteiger partial charge >= 0.3 is 0 Å². The molecule has 0 spiro atoms. The summed E-state index contributed by atoms with van der Waals surface area (Å²) in [5.74, 6) is -1.34. The first-order chi connectivity index (χ1) is 7.24. The van der Waals surface area contributed by atoms with Gasteiger partial charge in [-0.05, 0) is 12.1 Å². The van der Waals surface area contributed by atoms with Crippen LogP contribution in [0.2, 0.25) is 0 Å². The maximum atomic E-state index is 13.4. The lowest BCUT2D eigenvalue weighted by atomic mass is 10.1. The van der Waals surface area contributed by atoms with E-state index in [0.717, 1.165) is 12.1 Å². The summed E-state index contributed by atoms with van der Waals surface area (Å²) >= 11 is 0. The lowest BCUT2D eigenvalue weighted by Gasteiger charge is -2.01. The van der Waals surface area contributed by atoms with E-state index in [-0.39, 0.29) is 17.9 Å². The molecule has 2 rings (SSSR count). The summed E-state index contributed by atoms with van der Waals surface area (Å²) in [6.07, 6.45) is 1.35. The molecule has 0 unspecified atom stereocenters. The van der Waals surface area contributed by atoms with Crippen LogP contribution >= 0.6 is 0 Å². The number of benzene rings is 1. The second-order valence-corrected chi connectivity index (χ2v) is 2.98. The van der Waals surface area contributed by atoms with Crippen molar-refractivity contribution in [1.82, 2.24) is 5.16 Å². The molecule has 78 valence electrons. The van der Waals surface area contributed by atoms with E-state index < -0.39 is 11.6 Å². The van der Waals surface area contributed by atoms with Crippen molar-refractivity contribution in [3.8, 4) is 11.3 Å². The summed E-state index contributed by atoms with van der Waals surface area (Å²) in [6.45, 7) is 0.118. The van der Waals surface area contributed by atoms with Gasteiger partial charge in [0.1, 0.15) is 11.6 Å². The van der Waals surface area contributed by atoms with Gasteiger partial charge in [-0.2, -0.15) is 0 Å². The molecule has 0 radical (unpaired) electrons. The van der Waals surface area contributed by atoms with E-state index in [1.54, 1.807) is 0 Å². The van der Waals surface area contributed by atoms with E-state index in [2.05, 4.69) is 5.16 Å². The van der Waals surface area contributed by atoms with Gasteiger partial charge in [0.05, 0.1) is 11.8 Å². The fourth-order valence-electron chi connectivity index (χ4n) is 1.33. The van der Waals surface area contributed by atoms with E-state index in [1.165, 1.54) is 12.3 Å². The number of aromatic nitrogens is 1. The van der Waals surface area contributed by atoms with Crippen LogP contribution in [0.5, 0.6) is 0 Å². The summed E-state index contributed by atoms with van der Waals surface area (Å²) in [4.78, 5) is 0. The standard InChI is InChI=1S/C10H8F2N2O/c11-7-2-1-3-8(12)9(7)10-6(4-13)5-14-15-10/h1-3,5H,4,13H2. The quantitative estimate of drug-likeness (QED) is 0.825. The van der Waals surface area contributed by atoms with Gasteiger partial charge in [0, 0.05) is 12.1 Å². The number of nitrogens with zero attached hydrogens (tertiary/aromatic N) is 1. The van der Waals surface area contributed by atoms with Gasteiger partial charge in [-0.25, -0.2) is 8.78 Å². The highest BCUT2D eigenvalue weighted by molar-refractivity contribution is 5.62. The molecular weight excluding hydrogens is 202 g/mol.